The van der Waals surface area contributed by atoms with Crippen molar-refractivity contribution < 1.29 is 14.1 Å². The van der Waals surface area contributed by atoms with Gasteiger partial charge in [-0.15, -0.1) is 0 Å². The van der Waals surface area contributed by atoms with Crippen molar-refractivity contribution >= 4 is 5.91 Å². The Bertz CT molecular complexity index is 1490. The van der Waals surface area contributed by atoms with E-state index >= 15 is 0 Å². The Kier molecular flexibility index (Phi) is 5.53. The largest absolute Gasteiger partial charge is 0.497 e. The molecule has 3 heterocycles. The van der Waals surface area contributed by atoms with E-state index in [1.54, 1.807) is 18.3 Å². The number of carbonyl (C=O) groups excluding carboxylic acids is 1. The summed E-state index contributed by atoms with van der Waals surface area (Å²) in [6.45, 7) is 0.375. The highest BCUT2D eigenvalue weighted by Crippen LogP contribution is 2.34. The Balaban J connectivity index is 1.30. The van der Waals surface area contributed by atoms with Crippen molar-refractivity contribution in [3.05, 3.63) is 108 Å². The Morgan fingerprint density at radius 2 is 1.69 bits per heavy atom. The van der Waals surface area contributed by atoms with Crippen molar-refractivity contribution in [3.63, 3.8) is 0 Å². The molecule has 0 saturated heterocycles. The lowest BCUT2D eigenvalue weighted by Crippen LogP contribution is -2.39. The van der Waals surface area contributed by atoms with Crippen LogP contribution >= 0.6 is 0 Å². The number of fused-ring (bicyclic) bond motifs is 1. The van der Waals surface area contributed by atoms with Gasteiger partial charge in [-0.25, -0.2) is 4.98 Å². The summed E-state index contributed by atoms with van der Waals surface area (Å²) in [5.74, 6) is 1.48. The van der Waals surface area contributed by atoms with Crippen LogP contribution in [0.25, 0.3) is 22.5 Å². The van der Waals surface area contributed by atoms with E-state index in [1.165, 1.54) is 0 Å². The van der Waals surface area contributed by atoms with E-state index in [4.69, 9.17) is 9.26 Å². The maximum Gasteiger partial charge on any atom is 0.254 e. The predicted molar refractivity (Wildman–Crippen MR) is 133 cm³/mol. The standard InChI is InChI=1S/C28H23N5O3/c1-35-22-13-11-20(12-14-22)26-31-27(36-32-26)25-15-23-24(30-17-29-23)16-33(25)28(34)21-9-7-19(8-10-21)18-5-3-2-4-6-18/h2-14,17,25H,15-16H2,1H3,(H,29,30). The molecule has 0 saturated carbocycles. The number of hydrogen-bond donors (Lipinski definition) is 1. The number of aromatic nitrogens is 4. The van der Waals surface area contributed by atoms with E-state index in [2.05, 4.69) is 20.1 Å². The van der Waals surface area contributed by atoms with Crippen LogP contribution in [0.3, 0.4) is 0 Å². The number of imidazole rings is 1. The summed E-state index contributed by atoms with van der Waals surface area (Å²) >= 11 is 0. The summed E-state index contributed by atoms with van der Waals surface area (Å²) in [6, 6.07) is 24.7. The second-order valence-corrected chi connectivity index (χ2v) is 8.61. The van der Waals surface area contributed by atoms with Gasteiger partial charge in [-0.05, 0) is 47.5 Å². The van der Waals surface area contributed by atoms with Crippen LogP contribution < -0.4 is 4.74 Å². The second-order valence-electron chi connectivity index (χ2n) is 8.61. The molecule has 0 fully saturated rings. The van der Waals surface area contributed by atoms with Crippen LogP contribution in [0.5, 0.6) is 5.75 Å². The first kappa shape index (κ1) is 21.8. The van der Waals surface area contributed by atoms with E-state index in [0.717, 1.165) is 33.8 Å². The van der Waals surface area contributed by atoms with Gasteiger partial charge in [0.1, 0.15) is 11.8 Å². The van der Waals surface area contributed by atoms with E-state index in [-0.39, 0.29) is 5.91 Å². The molecule has 6 rings (SSSR count). The first-order valence-electron chi connectivity index (χ1n) is 11.6. The number of aromatic amines is 1. The fraction of sp³-hybridized carbons (Fsp3) is 0.143. The summed E-state index contributed by atoms with van der Waals surface area (Å²) in [5.41, 5.74) is 5.36. The number of amides is 1. The average molecular weight is 478 g/mol. The molecule has 0 spiro atoms. The molecule has 0 radical (unpaired) electrons. The van der Waals surface area contributed by atoms with Gasteiger partial charge in [0.05, 0.1) is 31.4 Å². The van der Waals surface area contributed by atoms with Crippen LogP contribution in [0.2, 0.25) is 0 Å². The second kappa shape index (κ2) is 9.14. The van der Waals surface area contributed by atoms with Crippen molar-refractivity contribution in [2.24, 2.45) is 0 Å². The van der Waals surface area contributed by atoms with E-state index in [9.17, 15) is 4.79 Å². The maximum atomic E-state index is 13.7. The number of nitrogens with zero attached hydrogens (tertiary/aromatic N) is 4. The lowest BCUT2D eigenvalue weighted by Gasteiger charge is -2.32. The van der Waals surface area contributed by atoms with E-state index in [1.807, 2.05) is 78.9 Å². The SMILES string of the molecule is COc1ccc(-c2noc(C3Cc4nc[nH]c4CN3C(=O)c3ccc(-c4ccccc4)cc3)n2)cc1. The fourth-order valence-electron chi connectivity index (χ4n) is 4.50. The van der Waals surface area contributed by atoms with Crippen molar-refractivity contribution in [1.29, 1.82) is 0 Å². The Hall–Kier alpha value is -4.72. The average Bonchev–Trinajstić information content (AvgIpc) is 3.62. The molecule has 178 valence electrons. The molecule has 5 aromatic rings. The molecule has 1 unspecified atom stereocenters. The molecule has 8 heteroatoms. The first-order valence-corrected chi connectivity index (χ1v) is 11.6. The zero-order chi connectivity index (χ0) is 24.5. The van der Waals surface area contributed by atoms with Gasteiger partial charge in [-0.1, -0.05) is 47.6 Å². The topological polar surface area (TPSA) is 97.1 Å². The summed E-state index contributed by atoms with van der Waals surface area (Å²) in [6.07, 6.45) is 2.14. The number of hydrogen-bond acceptors (Lipinski definition) is 6. The molecule has 1 amide bonds. The number of H-pyrrole nitrogens is 1. The zero-order valence-electron chi connectivity index (χ0n) is 19.6. The van der Waals surface area contributed by atoms with Crippen LogP contribution in [-0.2, 0) is 13.0 Å². The molecule has 3 aromatic carbocycles. The molecule has 0 bridgehead atoms. The smallest absolute Gasteiger partial charge is 0.254 e. The molecule has 0 aliphatic carbocycles. The third-order valence-electron chi connectivity index (χ3n) is 6.47. The minimum Gasteiger partial charge on any atom is -0.497 e. The Labute approximate surface area is 207 Å². The summed E-state index contributed by atoms with van der Waals surface area (Å²) in [5, 5.41) is 4.18. The van der Waals surface area contributed by atoms with Crippen LogP contribution in [-0.4, -0.2) is 38.0 Å². The van der Waals surface area contributed by atoms with Crippen molar-refractivity contribution in [2.45, 2.75) is 19.0 Å². The first-order chi connectivity index (χ1) is 17.7. The third-order valence-corrected chi connectivity index (χ3v) is 6.47. The molecular weight excluding hydrogens is 454 g/mol. The predicted octanol–water partition coefficient (Wildman–Crippen LogP) is 5.08. The number of methoxy groups -OCH3 is 1. The zero-order valence-corrected chi connectivity index (χ0v) is 19.6. The van der Waals surface area contributed by atoms with Gasteiger partial charge in [-0.3, -0.25) is 4.79 Å². The molecule has 1 atom stereocenters. The number of carbonyl (C=O) groups is 1. The third kappa shape index (κ3) is 4.02. The van der Waals surface area contributed by atoms with Crippen molar-refractivity contribution in [2.75, 3.05) is 7.11 Å². The molecule has 1 aliphatic rings. The van der Waals surface area contributed by atoms with Gasteiger partial charge in [0.25, 0.3) is 5.91 Å². The summed E-state index contributed by atoms with van der Waals surface area (Å²) in [4.78, 5) is 27.7. The lowest BCUT2D eigenvalue weighted by molar-refractivity contribution is 0.0590. The minimum atomic E-state index is -0.429. The van der Waals surface area contributed by atoms with E-state index in [0.29, 0.717) is 30.2 Å². The van der Waals surface area contributed by atoms with Crippen LogP contribution in [0.15, 0.2) is 89.7 Å². The number of rotatable bonds is 5. The van der Waals surface area contributed by atoms with Crippen molar-refractivity contribution in [1.82, 2.24) is 25.0 Å². The Morgan fingerprint density at radius 3 is 2.44 bits per heavy atom. The van der Waals surface area contributed by atoms with E-state index < -0.39 is 6.04 Å². The summed E-state index contributed by atoms with van der Waals surface area (Å²) < 4.78 is 10.9. The van der Waals surface area contributed by atoms with Crippen LogP contribution in [0, 0.1) is 0 Å². The van der Waals surface area contributed by atoms with Gasteiger partial charge < -0.3 is 19.1 Å². The molecule has 1 aliphatic heterocycles. The highest BCUT2D eigenvalue weighted by molar-refractivity contribution is 5.95. The number of nitrogens with one attached hydrogen (secondary N) is 1. The van der Waals surface area contributed by atoms with Gasteiger partial charge in [0.2, 0.25) is 11.7 Å². The van der Waals surface area contributed by atoms with Crippen LogP contribution in [0.4, 0.5) is 0 Å². The lowest BCUT2D eigenvalue weighted by atomic mass is 9.99. The summed E-state index contributed by atoms with van der Waals surface area (Å²) in [7, 11) is 1.62. The van der Waals surface area contributed by atoms with Crippen LogP contribution in [0.1, 0.15) is 33.7 Å². The normalized spacial score (nSPS) is 14.9. The van der Waals surface area contributed by atoms with Gasteiger partial charge >= 0.3 is 0 Å². The fourth-order valence-corrected chi connectivity index (χ4v) is 4.50. The van der Waals surface area contributed by atoms with Gasteiger partial charge in [0, 0.05) is 17.5 Å². The molecular formula is C28H23N5O3. The van der Waals surface area contributed by atoms with Gasteiger partial charge in [0.15, 0.2) is 0 Å². The maximum absolute atomic E-state index is 13.7. The number of ether oxygens (including phenoxy) is 1. The highest BCUT2D eigenvalue weighted by atomic mass is 16.5. The van der Waals surface area contributed by atoms with Gasteiger partial charge in [-0.2, -0.15) is 4.98 Å². The monoisotopic (exact) mass is 477 g/mol. The molecule has 2 aromatic heterocycles. The molecule has 1 N–H and O–H groups in total. The number of benzene rings is 3. The molecule has 8 nitrogen and oxygen atoms in total. The highest BCUT2D eigenvalue weighted by Gasteiger charge is 2.36. The van der Waals surface area contributed by atoms with Crippen molar-refractivity contribution in [3.8, 4) is 28.3 Å². The minimum absolute atomic E-state index is 0.107. The molecule has 36 heavy (non-hydrogen) atoms. The Morgan fingerprint density at radius 1 is 0.972 bits per heavy atom. The quantitative estimate of drug-likeness (QED) is 0.379.